The van der Waals surface area contributed by atoms with Crippen molar-refractivity contribution >= 4 is 11.9 Å². The van der Waals surface area contributed by atoms with Gasteiger partial charge >= 0.3 is 0 Å². The molecule has 2 unspecified atom stereocenters. The zero-order chi connectivity index (χ0) is 19.1. The molecule has 1 heterocycles. The highest BCUT2D eigenvalue weighted by molar-refractivity contribution is 5.85. The van der Waals surface area contributed by atoms with Crippen molar-refractivity contribution in [3.05, 3.63) is 0 Å². The van der Waals surface area contributed by atoms with Crippen LogP contribution in [-0.4, -0.2) is 84.7 Å². The second kappa shape index (κ2) is 10.1. The zero-order valence-corrected chi connectivity index (χ0v) is 16.9. The van der Waals surface area contributed by atoms with E-state index in [1.807, 2.05) is 0 Å². The summed E-state index contributed by atoms with van der Waals surface area (Å²) in [5.74, 6) is 0.710. The molecule has 1 saturated carbocycles. The average Bonchev–Trinajstić information content (AvgIpc) is 2.60. The molecule has 1 aliphatic carbocycles. The first-order valence-electron chi connectivity index (χ1n) is 10.1. The van der Waals surface area contributed by atoms with Gasteiger partial charge < -0.3 is 20.6 Å². The molecule has 0 bridgehead atoms. The molecule has 2 aliphatic rings. The molecule has 7 nitrogen and oxygen atoms in total. The lowest BCUT2D eigenvalue weighted by molar-refractivity contribution is -0.127. The molecule has 1 amide bonds. The van der Waals surface area contributed by atoms with Gasteiger partial charge in [-0.3, -0.25) is 9.69 Å². The Morgan fingerprint density at radius 1 is 1.19 bits per heavy atom. The average molecular weight is 368 g/mol. The molecular formula is C19H37N5O2. The van der Waals surface area contributed by atoms with Crippen molar-refractivity contribution in [2.24, 2.45) is 4.99 Å². The maximum absolute atomic E-state index is 11.8. The number of aliphatic hydroxyl groups excluding tert-OH is 1. The van der Waals surface area contributed by atoms with Gasteiger partial charge in [-0.1, -0.05) is 12.8 Å². The monoisotopic (exact) mass is 367 g/mol. The third-order valence-electron chi connectivity index (χ3n) is 5.33. The van der Waals surface area contributed by atoms with Crippen molar-refractivity contribution in [3.63, 3.8) is 0 Å². The number of likely N-dealkylation sites (N-methyl/N-ethyl adjacent to an activating group) is 1. The number of nitrogens with zero attached hydrogens (tertiary/aromatic N) is 3. The first-order chi connectivity index (χ1) is 12.4. The lowest BCUT2D eigenvalue weighted by Gasteiger charge is -2.42. The highest BCUT2D eigenvalue weighted by atomic mass is 16.3. The van der Waals surface area contributed by atoms with Gasteiger partial charge in [0.05, 0.1) is 6.10 Å². The van der Waals surface area contributed by atoms with E-state index < -0.39 is 0 Å². The Morgan fingerprint density at radius 2 is 1.85 bits per heavy atom. The van der Waals surface area contributed by atoms with E-state index in [1.165, 1.54) is 6.42 Å². The number of piperidine rings is 1. The topological polar surface area (TPSA) is 80.2 Å². The second-order valence-corrected chi connectivity index (χ2v) is 8.13. The predicted molar refractivity (Wildman–Crippen MR) is 105 cm³/mol. The summed E-state index contributed by atoms with van der Waals surface area (Å²) in [6.07, 6.45) is 6.35. The molecule has 26 heavy (non-hydrogen) atoms. The van der Waals surface area contributed by atoms with Crippen LogP contribution in [0, 0.1) is 0 Å². The number of rotatable bonds is 5. The summed E-state index contributed by atoms with van der Waals surface area (Å²) in [7, 11) is 3.49. The Bertz CT molecular complexity index is 473. The summed E-state index contributed by atoms with van der Waals surface area (Å²) in [5, 5.41) is 17.1. The number of aliphatic imine (C=N–C) groups is 1. The van der Waals surface area contributed by atoms with E-state index in [0.29, 0.717) is 18.0 Å². The standard InChI is InChI=1S/C19H37N5O2/c1-14(2)21-19(20-13-18(26)23(3)4)22-15-9-11-24(12-10-15)16-7-5-6-8-17(16)25/h14-17,25H,5-13H2,1-4H3,(H2,20,21,22). The fourth-order valence-electron chi connectivity index (χ4n) is 3.78. The third-order valence-corrected chi connectivity index (χ3v) is 5.33. The third kappa shape index (κ3) is 6.43. The first kappa shape index (κ1) is 21.0. The van der Waals surface area contributed by atoms with Gasteiger partial charge in [-0.25, -0.2) is 4.99 Å². The fourth-order valence-corrected chi connectivity index (χ4v) is 3.78. The number of carbonyl (C=O) groups excluding carboxylic acids is 1. The highest BCUT2D eigenvalue weighted by Crippen LogP contribution is 2.25. The number of hydrogen-bond acceptors (Lipinski definition) is 4. The number of aliphatic hydroxyl groups is 1. The predicted octanol–water partition coefficient (Wildman–Crippen LogP) is 0.786. The summed E-state index contributed by atoms with van der Waals surface area (Å²) in [6.45, 7) is 6.30. The van der Waals surface area contributed by atoms with E-state index in [1.54, 1.807) is 19.0 Å². The minimum Gasteiger partial charge on any atom is -0.391 e. The zero-order valence-electron chi connectivity index (χ0n) is 16.9. The van der Waals surface area contributed by atoms with Gasteiger partial charge in [0.25, 0.3) is 0 Å². The lowest BCUT2D eigenvalue weighted by atomic mass is 9.89. The van der Waals surface area contributed by atoms with Crippen LogP contribution < -0.4 is 10.6 Å². The molecule has 0 radical (unpaired) electrons. The molecule has 1 saturated heterocycles. The Morgan fingerprint density at radius 3 is 2.42 bits per heavy atom. The van der Waals surface area contributed by atoms with Gasteiger partial charge in [0.15, 0.2) is 5.96 Å². The SMILES string of the molecule is CC(C)NC(=NCC(=O)N(C)C)NC1CCN(C2CCCCC2O)CC1. The Kier molecular flexibility index (Phi) is 8.15. The molecule has 3 N–H and O–H groups in total. The molecule has 0 spiro atoms. The van der Waals surface area contributed by atoms with Crippen LogP contribution in [0.2, 0.25) is 0 Å². The van der Waals surface area contributed by atoms with E-state index in [4.69, 9.17) is 0 Å². The summed E-state index contributed by atoms with van der Waals surface area (Å²) >= 11 is 0. The minimum absolute atomic E-state index is 0.00374. The number of carbonyl (C=O) groups is 1. The van der Waals surface area contributed by atoms with Gasteiger partial charge in [-0.2, -0.15) is 0 Å². The van der Waals surface area contributed by atoms with Crippen molar-refractivity contribution in [1.82, 2.24) is 20.4 Å². The number of amides is 1. The van der Waals surface area contributed by atoms with E-state index in [9.17, 15) is 9.90 Å². The number of hydrogen-bond donors (Lipinski definition) is 3. The van der Waals surface area contributed by atoms with Gasteiger partial charge in [0.2, 0.25) is 5.91 Å². The summed E-state index contributed by atoms with van der Waals surface area (Å²) < 4.78 is 0. The van der Waals surface area contributed by atoms with Crippen LogP contribution in [-0.2, 0) is 4.79 Å². The van der Waals surface area contributed by atoms with E-state index in [0.717, 1.165) is 45.2 Å². The van der Waals surface area contributed by atoms with Gasteiger partial charge in [-0.15, -0.1) is 0 Å². The summed E-state index contributed by atoms with van der Waals surface area (Å²) in [6, 6.07) is 0.948. The van der Waals surface area contributed by atoms with E-state index >= 15 is 0 Å². The Hall–Kier alpha value is -1.34. The molecule has 0 aromatic heterocycles. The number of likely N-dealkylation sites (tertiary alicyclic amines) is 1. The maximum Gasteiger partial charge on any atom is 0.243 e. The number of nitrogens with one attached hydrogen (secondary N) is 2. The molecule has 7 heteroatoms. The Labute approximate surface area is 158 Å². The first-order valence-corrected chi connectivity index (χ1v) is 10.1. The molecule has 1 aliphatic heterocycles. The van der Waals surface area contributed by atoms with Crippen LogP contribution in [0.4, 0.5) is 0 Å². The second-order valence-electron chi connectivity index (χ2n) is 8.13. The normalized spacial score (nSPS) is 26.0. The van der Waals surface area contributed by atoms with Crippen LogP contribution in [0.1, 0.15) is 52.4 Å². The van der Waals surface area contributed by atoms with Crippen molar-refractivity contribution in [3.8, 4) is 0 Å². The molecule has 2 atom stereocenters. The summed E-state index contributed by atoms with van der Waals surface area (Å²) in [4.78, 5) is 20.3. The van der Waals surface area contributed by atoms with Crippen LogP contribution >= 0.6 is 0 Å². The van der Waals surface area contributed by atoms with E-state index in [2.05, 4.69) is 34.4 Å². The largest absolute Gasteiger partial charge is 0.391 e. The van der Waals surface area contributed by atoms with Crippen LogP contribution in [0.5, 0.6) is 0 Å². The molecule has 0 aromatic rings. The van der Waals surface area contributed by atoms with Crippen LogP contribution in [0.3, 0.4) is 0 Å². The van der Waals surface area contributed by atoms with E-state index in [-0.39, 0.29) is 24.6 Å². The quantitative estimate of drug-likeness (QED) is 0.494. The van der Waals surface area contributed by atoms with Crippen molar-refractivity contribution < 1.29 is 9.90 Å². The highest BCUT2D eigenvalue weighted by Gasteiger charge is 2.31. The molecule has 0 aromatic carbocycles. The smallest absolute Gasteiger partial charge is 0.243 e. The minimum atomic E-state index is -0.162. The van der Waals surface area contributed by atoms with Crippen LogP contribution in [0.15, 0.2) is 4.99 Å². The van der Waals surface area contributed by atoms with Crippen LogP contribution in [0.25, 0.3) is 0 Å². The maximum atomic E-state index is 11.8. The lowest BCUT2D eigenvalue weighted by Crippen LogP contribution is -2.54. The Balaban J connectivity index is 1.85. The van der Waals surface area contributed by atoms with Crippen molar-refractivity contribution in [1.29, 1.82) is 0 Å². The summed E-state index contributed by atoms with van der Waals surface area (Å²) in [5.41, 5.74) is 0. The van der Waals surface area contributed by atoms with Gasteiger partial charge in [-0.05, 0) is 39.5 Å². The van der Waals surface area contributed by atoms with Gasteiger partial charge in [0.1, 0.15) is 6.54 Å². The molecule has 2 fully saturated rings. The van der Waals surface area contributed by atoms with Crippen molar-refractivity contribution in [2.75, 3.05) is 33.7 Å². The molecule has 2 rings (SSSR count). The van der Waals surface area contributed by atoms with Gasteiger partial charge in [0, 0.05) is 45.3 Å². The number of guanidine groups is 1. The fraction of sp³-hybridized carbons (Fsp3) is 0.895. The van der Waals surface area contributed by atoms with Crippen molar-refractivity contribution in [2.45, 2.75) is 76.6 Å². The molecular weight excluding hydrogens is 330 g/mol. The molecule has 150 valence electrons.